The lowest BCUT2D eigenvalue weighted by Gasteiger charge is -2.24. The summed E-state index contributed by atoms with van der Waals surface area (Å²) in [4.78, 5) is 11.1. The molecule has 1 heterocycles. The summed E-state index contributed by atoms with van der Waals surface area (Å²) in [6.45, 7) is 4.58. The highest BCUT2D eigenvalue weighted by atomic mass is 32.2. The van der Waals surface area contributed by atoms with E-state index in [-0.39, 0.29) is 16.8 Å². The largest absolute Gasteiger partial charge is 0.478 e. The van der Waals surface area contributed by atoms with E-state index in [2.05, 4.69) is 14.4 Å². The van der Waals surface area contributed by atoms with Crippen LogP contribution in [0.25, 0.3) is 0 Å². The van der Waals surface area contributed by atoms with Crippen molar-refractivity contribution in [1.82, 2.24) is 9.88 Å². The van der Waals surface area contributed by atoms with Gasteiger partial charge in [0.15, 0.2) is 0 Å². The Kier molecular flexibility index (Phi) is 4.77. The topological polar surface area (TPSA) is 110 Å². The van der Waals surface area contributed by atoms with Crippen LogP contribution in [0.2, 0.25) is 0 Å². The van der Waals surface area contributed by atoms with E-state index in [1.165, 1.54) is 26.0 Å². The minimum absolute atomic E-state index is 0.0162. The molecule has 0 fully saturated rings. The molecule has 0 unspecified atom stereocenters. The third-order valence-corrected chi connectivity index (χ3v) is 4.87. The van der Waals surface area contributed by atoms with Crippen LogP contribution >= 0.6 is 0 Å². The number of hydrogen-bond donors (Lipinski definition) is 2. The molecule has 0 saturated heterocycles. The summed E-state index contributed by atoms with van der Waals surface area (Å²) >= 11 is 0. The molecule has 24 heavy (non-hydrogen) atoms. The number of aromatic nitrogens is 1. The standard InChI is InChI=1S/C15H17FN2O5S/c1-9-4-5-10(12(16)6-9)8-24(21,22)18-15(2,3)13-11(14(19)20)7-23-17-13/h4-7,18H,8H2,1-3H3,(H,19,20). The fraction of sp³-hybridized carbons (Fsp3) is 0.333. The number of carbonyl (C=O) groups is 1. The van der Waals surface area contributed by atoms with E-state index in [9.17, 15) is 17.6 Å². The molecule has 2 aromatic rings. The third kappa shape index (κ3) is 3.98. The minimum atomic E-state index is -3.96. The first-order valence-corrected chi connectivity index (χ1v) is 8.62. The van der Waals surface area contributed by atoms with Gasteiger partial charge in [-0.15, -0.1) is 0 Å². The van der Waals surface area contributed by atoms with E-state index in [1.54, 1.807) is 13.0 Å². The zero-order valence-electron chi connectivity index (χ0n) is 13.3. The molecule has 0 radical (unpaired) electrons. The summed E-state index contributed by atoms with van der Waals surface area (Å²) < 4.78 is 45.5. The molecule has 0 bridgehead atoms. The van der Waals surface area contributed by atoms with Crippen LogP contribution in [-0.4, -0.2) is 24.7 Å². The fourth-order valence-corrected chi connectivity index (χ4v) is 3.88. The maximum Gasteiger partial charge on any atom is 0.341 e. The minimum Gasteiger partial charge on any atom is -0.478 e. The summed E-state index contributed by atoms with van der Waals surface area (Å²) in [6, 6.07) is 4.26. The number of aryl methyl sites for hydroxylation is 1. The van der Waals surface area contributed by atoms with Crippen molar-refractivity contribution in [2.75, 3.05) is 0 Å². The summed E-state index contributed by atoms with van der Waals surface area (Å²) in [5, 5.41) is 12.7. The normalized spacial score (nSPS) is 12.3. The molecule has 2 rings (SSSR count). The van der Waals surface area contributed by atoms with Gasteiger partial charge in [0.1, 0.15) is 23.3 Å². The van der Waals surface area contributed by atoms with E-state index >= 15 is 0 Å². The van der Waals surface area contributed by atoms with Crippen molar-refractivity contribution in [3.63, 3.8) is 0 Å². The van der Waals surface area contributed by atoms with Crippen molar-refractivity contribution in [3.05, 3.63) is 52.7 Å². The SMILES string of the molecule is Cc1ccc(CS(=O)(=O)NC(C)(C)c2nocc2C(=O)O)c(F)c1. The Morgan fingerprint density at radius 2 is 2.08 bits per heavy atom. The van der Waals surface area contributed by atoms with Crippen molar-refractivity contribution >= 4 is 16.0 Å². The van der Waals surface area contributed by atoms with Crippen LogP contribution in [0.3, 0.4) is 0 Å². The van der Waals surface area contributed by atoms with Gasteiger partial charge in [0.25, 0.3) is 0 Å². The van der Waals surface area contributed by atoms with Gasteiger partial charge in [0.05, 0.1) is 11.3 Å². The Hall–Kier alpha value is -2.26. The highest BCUT2D eigenvalue weighted by molar-refractivity contribution is 7.88. The molecule has 0 saturated carbocycles. The van der Waals surface area contributed by atoms with E-state index in [0.717, 1.165) is 6.26 Å². The van der Waals surface area contributed by atoms with Crippen LogP contribution in [0.5, 0.6) is 0 Å². The maximum absolute atomic E-state index is 13.9. The smallest absolute Gasteiger partial charge is 0.341 e. The van der Waals surface area contributed by atoms with Crippen molar-refractivity contribution in [1.29, 1.82) is 0 Å². The second-order valence-electron chi connectivity index (χ2n) is 5.96. The van der Waals surface area contributed by atoms with Crippen LogP contribution in [0.1, 0.15) is 41.0 Å². The molecular weight excluding hydrogens is 339 g/mol. The van der Waals surface area contributed by atoms with Gasteiger partial charge < -0.3 is 9.63 Å². The maximum atomic E-state index is 13.9. The highest BCUT2D eigenvalue weighted by Gasteiger charge is 2.34. The second kappa shape index (κ2) is 6.33. The summed E-state index contributed by atoms with van der Waals surface area (Å²) in [7, 11) is -3.96. The van der Waals surface area contributed by atoms with Crippen LogP contribution in [0, 0.1) is 12.7 Å². The van der Waals surface area contributed by atoms with Crippen molar-refractivity contribution in [2.45, 2.75) is 32.1 Å². The fourth-order valence-electron chi connectivity index (χ4n) is 2.29. The zero-order chi connectivity index (χ0) is 18.1. The average Bonchev–Trinajstić information content (AvgIpc) is 2.91. The molecule has 0 spiro atoms. The Labute approximate surface area is 138 Å². The predicted octanol–water partition coefficient (Wildman–Crippen LogP) is 2.18. The lowest BCUT2D eigenvalue weighted by Crippen LogP contribution is -2.42. The van der Waals surface area contributed by atoms with E-state index < -0.39 is 33.1 Å². The van der Waals surface area contributed by atoms with Crippen LogP contribution in [0.4, 0.5) is 4.39 Å². The molecule has 0 aliphatic rings. The van der Waals surface area contributed by atoms with E-state index in [1.807, 2.05) is 0 Å². The lowest BCUT2D eigenvalue weighted by molar-refractivity contribution is 0.0693. The summed E-state index contributed by atoms with van der Waals surface area (Å²) in [6.07, 6.45) is 0.924. The third-order valence-electron chi connectivity index (χ3n) is 3.36. The van der Waals surface area contributed by atoms with Gasteiger partial charge in [0, 0.05) is 5.56 Å². The van der Waals surface area contributed by atoms with E-state index in [0.29, 0.717) is 5.56 Å². The van der Waals surface area contributed by atoms with Crippen LogP contribution in [-0.2, 0) is 21.3 Å². The molecule has 0 aliphatic carbocycles. The first-order chi connectivity index (χ1) is 11.0. The molecular formula is C15H17FN2O5S. The molecule has 0 amide bonds. The first kappa shape index (κ1) is 18.1. The number of carboxylic acids is 1. The Balaban J connectivity index is 2.27. The number of hydrogen-bond acceptors (Lipinski definition) is 5. The number of halogens is 1. The molecule has 130 valence electrons. The summed E-state index contributed by atoms with van der Waals surface area (Å²) in [5.41, 5.74) is -0.967. The molecule has 0 aliphatic heterocycles. The molecule has 0 atom stereocenters. The Morgan fingerprint density at radius 1 is 1.42 bits per heavy atom. The molecule has 9 heteroatoms. The van der Waals surface area contributed by atoms with Crippen LogP contribution < -0.4 is 4.72 Å². The summed E-state index contributed by atoms with van der Waals surface area (Å²) in [5.74, 6) is -2.49. The molecule has 1 aromatic carbocycles. The molecule has 1 aromatic heterocycles. The van der Waals surface area contributed by atoms with Crippen LogP contribution in [0.15, 0.2) is 29.0 Å². The van der Waals surface area contributed by atoms with Gasteiger partial charge in [-0.1, -0.05) is 17.3 Å². The zero-order valence-corrected chi connectivity index (χ0v) is 14.1. The number of sulfonamides is 1. The van der Waals surface area contributed by atoms with Gasteiger partial charge in [-0.2, -0.15) is 0 Å². The predicted molar refractivity (Wildman–Crippen MR) is 83.4 cm³/mol. The first-order valence-electron chi connectivity index (χ1n) is 6.96. The van der Waals surface area contributed by atoms with Crippen molar-refractivity contribution in [2.24, 2.45) is 0 Å². The quantitative estimate of drug-likeness (QED) is 0.821. The Morgan fingerprint density at radius 3 is 2.67 bits per heavy atom. The number of benzene rings is 1. The number of rotatable bonds is 6. The average molecular weight is 356 g/mol. The van der Waals surface area contributed by atoms with Gasteiger partial charge >= 0.3 is 5.97 Å². The monoisotopic (exact) mass is 356 g/mol. The van der Waals surface area contributed by atoms with Gasteiger partial charge in [0.2, 0.25) is 10.0 Å². The molecule has 2 N–H and O–H groups in total. The van der Waals surface area contributed by atoms with Gasteiger partial charge in [-0.05, 0) is 32.4 Å². The van der Waals surface area contributed by atoms with E-state index in [4.69, 9.17) is 5.11 Å². The lowest BCUT2D eigenvalue weighted by atomic mass is 9.99. The number of nitrogens with zero attached hydrogens (tertiary/aromatic N) is 1. The van der Waals surface area contributed by atoms with Gasteiger partial charge in [-0.3, -0.25) is 0 Å². The number of carboxylic acid groups (broad SMARTS) is 1. The molecule has 7 nitrogen and oxygen atoms in total. The van der Waals surface area contributed by atoms with Crippen molar-refractivity contribution < 1.29 is 27.2 Å². The second-order valence-corrected chi connectivity index (χ2v) is 7.69. The highest BCUT2D eigenvalue weighted by Crippen LogP contribution is 2.24. The number of nitrogens with one attached hydrogen (secondary N) is 1. The van der Waals surface area contributed by atoms with Gasteiger partial charge in [-0.25, -0.2) is 22.3 Å². The Bertz CT molecular complexity index is 874. The van der Waals surface area contributed by atoms with Crippen molar-refractivity contribution in [3.8, 4) is 0 Å². The number of aromatic carboxylic acids is 1.